The summed E-state index contributed by atoms with van der Waals surface area (Å²) in [6, 6.07) is 27.2. The predicted octanol–water partition coefficient (Wildman–Crippen LogP) is 4.29. The fourth-order valence-corrected chi connectivity index (χ4v) is 3.98. The van der Waals surface area contributed by atoms with Crippen LogP contribution < -0.4 is 10.2 Å². The first-order valence-corrected chi connectivity index (χ1v) is 10.5. The van der Waals surface area contributed by atoms with Crippen molar-refractivity contribution < 1.29 is 14.4 Å². The Bertz CT molecular complexity index is 1020. The van der Waals surface area contributed by atoms with Gasteiger partial charge in [0.05, 0.1) is 5.69 Å². The van der Waals surface area contributed by atoms with Gasteiger partial charge in [0.25, 0.3) is 5.91 Å². The number of nitrogens with one attached hydrogen (secondary N) is 1. The van der Waals surface area contributed by atoms with Gasteiger partial charge in [-0.05, 0) is 35.7 Å². The Morgan fingerprint density at radius 2 is 1.39 bits per heavy atom. The van der Waals surface area contributed by atoms with E-state index >= 15 is 0 Å². The highest BCUT2D eigenvalue weighted by molar-refractivity contribution is 6.20. The molecule has 5 heteroatoms. The van der Waals surface area contributed by atoms with Gasteiger partial charge in [0.2, 0.25) is 11.8 Å². The molecule has 0 radical (unpaired) electrons. The lowest BCUT2D eigenvalue weighted by molar-refractivity contribution is -0.121. The number of anilines is 1. The molecular formula is C26H24N2O3. The van der Waals surface area contributed by atoms with Crippen LogP contribution in [0.2, 0.25) is 0 Å². The molecule has 0 spiro atoms. The van der Waals surface area contributed by atoms with Crippen molar-refractivity contribution in [3.05, 3.63) is 102 Å². The summed E-state index contributed by atoms with van der Waals surface area (Å²) in [5, 5.41) is 2.98. The molecule has 0 aromatic heterocycles. The van der Waals surface area contributed by atoms with E-state index in [2.05, 4.69) is 29.6 Å². The maximum Gasteiger partial charge on any atom is 0.251 e. The zero-order valence-electron chi connectivity index (χ0n) is 17.2. The van der Waals surface area contributed by atoms with Crippen LogP contribution in [0.25, 0.3) is 0 Å². The van der Waals surface area contributed by atoms with E-state index < -0.39 is 0 Å². The molecule has 1 aliphatic rings. The van der Waals surface area contributed by atoms with Crippen molar-refractivity contribution in [3.63, 3.8) is 0 Å². The molecule has 0 atom stereocenters. The van der Waals surface area contributed by atoms with Gasteiger partial charge in [-0.15, -0.1) is 0 Å². The van der Waals surface area contributed by atoms with Gasteiger partial charge < -0.3 is 5.32 Å². The first-order valence-electron chi connectivity index (χ1n) is 10.5. The van der Waals surface area contributed by atoms with Crippen molar-refractivity contribution in [2.45, 2.75) is 25.2 Å². The van der Waals surface area contributed by atoms with Gasteiger partial charge in [0.15, 0.2) is 0 Å². The van der Waals surface area contributed by atoms with E-state index in [0.29, 0.717) is 17.8 Å². The van der Waals surface area contributed by atoms with E-state index in [1.165, 1.54) is 11.1 Å². The number of hydrogen-bond acceptors (Lipinski definition) is 3. The molecule has 1 fully saturated rings. The number of carbonyl (C=O) groups excluding carboxylic acids is 3. The van der Waals surface area contributed by atoms with Gasteiger partial charge in [-0.1, -0.05) is 66.7 Å². The number of hydrogen-bond donors (Lipinski definition) is 1. The zero-order valence-corrected chi connectivity index (χ0v) is 17.2. The lowest BCUT2D eigenvalue weighted by Gasteiger charge is -2.19. The Hall–Kier alpha value is -3.73. The molecule has 3 aromatic carbocycles. The average molecular weight is 412 g/mol. The van der Waals surface area contributed by atoms with Crippen molar-refractivity contribution in [3.8, 4) is 0 Å². The van der Waals surface area contributed by atoms with Crippen LogP contribution in [0.1, 0.15) is 46.7 Å². The SMILES string of the molecule is O=C(NCCC(c1ccccc1)c1ccccc1)c1cccc(N2C(=O)CCC2=O)c1. The molecular weight excluding hydrogens is 388 g/mol. The minimum absolute atomic E-state index is 0.175. The highest BCUT2D eigenvalue weighted by atomic mass is 16.2. The van der Waals surface area contributed by atoms with Crippen LogP contribution in [0.15, 0.2) is 84.9 Å². The molecule has 156 valence electrons. The highest BCUT2D eigenvalue weighted by Crippen LogP contribution is 2.27. The number of nitrogens with zero attached hydrogens (tertiary/aromatic N) is 1. The molecule has 3 aromatic rings. The molecule has 0 saturated carbocycles. The van der Waals surface area contributed by atoms with Gasteiger partial charge in [0.1, 0.15) is 0 Å². The second-order valence-electron chi connectivity index (χ2n) is 7.59. The van der Waals surface area contributed by atoms with E-state index in [9.17, 15) is 14.4 Å². The minimum Gasteiger partial charge on any atom is -0.352 e. The zero-order chi connectivity index (χ0) is 21.6. The third kappa shape index (κ3) is 4.72. The summed E-state index contributed by atoms with van der Waals surface area (Å²) in [4.78, 5) is 37.9. The van der Waals surface area contributed by atoms with E-state index in [-0.39, 0.29) is 36.5 Å². The summed E-state index contributed by atoms with van der Waals surface area (Å²) in [5.74, 6) is -0.498. The van der Waals surface area contributed by atoms with Gasteiger partial charge in [0, 0.05) is 30.9 Å². The normalized spacial score (nSPS) is 13.6. The molecule has 1 saturated heterocycles. The third-order valence-corrected chi connectivity index (χ3v) is 5.54. The number of benzene rings is 3. The molecule has 0 unspecified atom stereocenters. The van der Waals surface area contributed by atoms with Crippen molar-refractivity contribution >= 4 is 23.4 Å². The van der Waals surface area contributed by atoms with E-state index in [0.717, 1.165) is 11.3 Å². The molecule has 5 nitrogen and oxygen atoms in total. The average Bonchev–Trinajstić information content (AvgIpc) is 3.15. The molecule has 4 rings (SSSR count). The second kappa shape index (κ2) is 9.39. The maximum absolute atomic E-state index is 12.7. The molecule has 0 aliphatic carbocycles. The Labute approximate surface area is 181 Å². The van der Waals surface area contributed by atoms with Crippen molar-refractivity contribution in [2.75, 3.05) is 11.4 Å². The predicted molar refractivity (Wildman–Crippen MR) is 120 cm³/mol. The minimum atomic E-state index is -0.226. The van der Waals surface area contributed by atoms with E-state index in [4.69, 9.17) is 0 Å². The highest BCUT2D eigenvalue weighted by Gasteiger charge is 2.30. The van der Waals surface area contributed by atoms with Crippen LogP contribution >= 0.6 is 0 Å². The van der Waals surface area contributed by atoms with E-state index in [1.54, 1.807) is 24.3 Å². The van der Waals surface area contributed by atoms with Gasteiger partial charge in [-0.3, -0.25) is 19.3 Å². The van der Waals surface area contributed by atoms with Crippen molar-refractivity contribution in [1.29, 1.82) is 0 Å². The fraction of sp³-hybridized carbons (Fsp3) is 0.192. The molecule has 31 heavy (non-hydrogen) atoms. The van der Waals surface area contributed by atoms with Gasteiger partial charge in [-0.25, -0.2) is 0 Å². The lowest BCUT2D eigenvalue weighted by Crippen LogP contribution is -2.29. The largest absolute Gasteiger partial charge is 0.352 e. The number of amides is 3. The summed E-state index contributed by atoms with van der Waals surface area (Å²) in [6.07, 6.45) is 1.19. The molecule has 0 bridgehead atoms. The first-order chi connectivity index (χ1) is 15.1. The summed E-state index contributed by atoms with van der Waals surface area (Å²) in [5.41, 5.74) is 3.29. The smallest absolute Gasteiger partial charge is 0.251 e. The summed E-state index contributed by atoms with van der Waals surface area (Å²) < 4.78 is 0. The standard InChI is InChI=1S/C26H24N2O3/c29-24-14-15-25(30)28(24)22-13-7-12-21(18-22)26(31)27-17-16-23(19-8-3-1-4-9-19)20-10-5-2-6-11-20/h1-13,18,23H,14-17H2,(H,27,31). The Morgan fingerprint density at radius 3 is 1.97 bits per heavy atom. The number of imide groups is 1. The topological polar surface area (TPSA) is 66.5 Å². The number of carbonyl (C=O) groups is 3. The lowest BCUT2D eigenvalue weighted by atomic mass is 9.88. The molecule has 1 heterocycles. The van der Waals surface area contributed by atoms with Crippen LogP contribution in [0.3, 0.4) is 0 Å². The number of rotatable bonds is 7. The fourth-order valence-electron chi connectivity index (χ4n) is 3.98. The summed E-state index contributed by atoms with van der Waals surface area (Å²) >= 11 is 0. The Balaban J connectivity index is 1.44. The summed E-state index contributed by atoms with van der Waals surface area (Å²) in [7, 11) is 0. The third-order valence-electron chi connectivity index (χ3n) is 5.54. The van der Waals surface area contributed by atoms with Gasteiger partial charge >= 0.3 is 0 Å². The Morgan fingerprint density at radius 1 is 0.806 bits per heavy atom. The molecule has 1 N–H and O–H groups in total. The van der Waals surface area contributed by atoms with Gasteiger partial charge in [-0.2, -0.15) is 0 Å². The monoisotopic (exact) mass is 412 g/mol. The van der Waals surface area contributed by atoms with Crippen LogP contribution in [0.5, 0.6) is 0 Å². The summed E-state index contributed by atoms with van der Waals surface area (Å²) in [6.45, 7) is 0.499. The second-order valence-corrected chi connectivity index (χ2v) is 7.59. The van der Waals surface area contributed by atoms with Crippen LogP contribution in [0.4, 0.5) is 5.69 Å². The Kier molecular flexibility index (Phi) is 6.22. The maximum atomic E-state index is 12.7. The molecule has 1 aliphatic heterocycles. The quantitative estimate of drug-likeness (QED) is 0.589. The van der Waals surface area contributed by atoms with Crippen molar-refractivity contribution in [2.24, 2.45) is 0 Å². The van der Waals surface area contributed by atoms with Crippen molar-refractivity contribution in [1.82, 2.24) is 5.32 Å². The van der Waals surface area contributed by atoms with Crippen LogP contribution in [-0.2, 0) is 9.59 Å². The van der Waals surface area contributed by atoms with Crippen LogP contribution in [-0.4, -0.2) is 24.3 Å². The molecule has 3 amide bonds. The first kappa shape index (κ1) is 20.5. The van der Waals surface area contributed by atoms with Crippen LogP contribution in [0, 0.1) is 0 Å². The van der Waals surface area contributed by atoms with E-state index in [1.807, 2.05) is 36.4 Å².